The van der Waals surface area contributed by atoms with Crippen molar-refractivity contribution < 1.29 is 9.59 Å². The molecule has 1 N–H and O–H groups in total. The van der Waals surface area contributed by atoms with Crippen LogP contribution in [0.2, 0.25) is 0 Å². The number of hydrogen-bond donors (Lipinski definition) is 1. The molecule has 0 aromatic carbocycles. The van der Waals surface area contributed by atoms with Gasteiger partial charge in [-0.3, -0.25) is 19.9 Å². The second-order valence-electron chi connectivity index (χ2n) is 9.38. The third-order valence-corrected chi connectivity index (χ3v) is 9.54. The Kier molecular flexibility index (Phi) is 8.60. The molecule has 0 bridgehead atoms. The molecule has 3 aromatic rings. The second kappa shape index (κ2) is 12.1. The van der Waals surface area contributed by atoms with Crippen molar-refractivity contribution in [1.29, 1.82) is 0 Å². The molecule has 1 unspecified atom stereocenters. The van der Waals surface area contributed by atoms with E-state index in [0.717, 1.165) is 77.8 Å². The zero-order valence-electron chi connectivity index (χ0n) is 20.7. The number of halogens is 1. The van der Waals surface area contributed by atoms with E-state index in [9.17, 15) is 9.59 Å². The number of aldehydes is 1. The third-order valence-electron chi connectivity index (χ3n) is 6.89. The van der Waals surface area contributed by atoms with E-state index in [-0.39, 0.29) is 11.6 Å². The summed E-state index contributed by atoms with van der Waals surface area (Å²) < 4.78 is 1.03. The van der Waals surface area contributed by atoms with Crippen LogP contribution in [-0.4, -0.2) is 82.3 Å². The third kappa shape index (κ3) is 6.43. The summed E-state index contributed by atoms with van der Waals surface area (Å²) in [4.78, 5) is 46.5. The number of anilines is 2. The monoisotopic (exact) mass is 603 g/mol. The molecular formula is C25H30BrN7O2S2. The van der Waals surface area contributed by atoms with Crippen LogP contribution in [-0.2, 0) is 11.3 Å². The summed E-state index contributed by atoms with van der Waals surface area (Å²) in [6.45, 7) is 8.38. The Morgan fingerprint density at radius 2 is 2.05 bits per heavy atom. The van der Waals surface area contributed by atoms with Crippen LogP contribution in [0, 0.1) is 0 Å². The lowest BCUT2D eigenvalue weighted by atomic mass is 10.2. The highest BCUT2D eigenvalue weighted by molar-refractivity contribution is 9.10. The standard InChI is InChI=1S/C25H30BrN7O2S2/c1-17-4-2-6-33(17)15-21-23(20-12-18(26)16-36-20)29-25(37-21)30-24(35)19-13-28-22(14-27-19)32-9-7-31(8-10-32)5-3-11-34/h11-14,16-17H,2-10,15H2,1H3,(H,29,30,35). The minimum Gasteiger partial charge on any atom is -0.353 e. The SMILES string of the molecule is CC1CCCN1Cc1sc(NC(=O)c2cnc(N3CCN(CCC=O)CC3)cn2)nc1-c1cc(Br)cs1. The Labute approximate surface area is 233 Å². The molecule has 1 amide bonds. The molecule has 3 aromatic heterocycles. The molecule has 2 aliphatic rings. The summed E-state index contributed by atoms with van der Waals surface area (Å²) >= 11 is 6.72. The highest BCUT2D eigenvalue weighted by atomic mass is 79.9. The number of aromatic nitrogens is 3. The molecule has 0 saturated carbocycles. The Balaban J connectivity index is 1.25. The van der Waals surface area contributed by atoms with Crippen LogP contribution < -0.4 is 10.2 Å². The fraction of sp³-hybridized carbons (Fsp3) is 0.480. The van der Waals surface area contributed by atoms with Crippen molar-refractivity contribution in [2.75, 3.05) is 49.5 Å². The number of rotatable bonds is 9. The first-order chi connectivity index (χ1) is 18.0. The summed E-state index contributed by atoms with van der Waals surface area (Å²) in [5, 5.41) is 5.57. The lowest BCUT2D eigenvalue weighted by molar-refractivity contribution is -0.108. The highest BCUT2D eigenvalue weighted by Crippen LogP contribution is 2.38. The van der Waals surface area contributed by atoms with E-state index in [2.05, 4.69) is 64.3 Å². The quantitative estimate of drug-likeness (QED) is 0.360. The number of piperazine rings is 1. The van der Waals surface area contributed by atoms with Crippen LogP contribution in [0.4, 0.5) is 10.9 Å². The zero-order chi connectivity index (χ0) is 25.8. The van der Waals surface area contributed by atoms with Crippen LogP contribution in [0.1, 0.15) is 41.6 Å². The van der Waals surface area contributed by atoms with E-state index in [1.54, 1.807) is 17.5 Å². The number of thiophene rings is 1. The van der Waals surface area contributed by atoms with E-state index in [0.29, 0.717) is 17.6 Å². The molecule has 2 fully saturated rings. The number of nitrogens with zero attached hydrogens (tertiary/aromatic N) is 6. The molecule has 5 heterocycles. The van der Waals surface area contributed by atoms with E-state index in [4.69, 9.17) is 4.98 Å². The summed E-state index contributed by atoms with van der Waals surface area (Å²) in [6.07, 6.45) is 7.15. The van der Waals surface area contributed by atoms with Gasteiger partial charge in [0.1, 0.15) is 17.8 Å². The summed E-state index contributed by atoms with van der Waals surface area (Å²) in [7, 11) is 0. The van der Waals surface area contributed by atoms with Gasteiger partial charge in [0.25, 0.3) is 5.91 Å². The molecule has 9 nitrogen and oxygen atoms in total. The van der Waals surface area contributed by atoms with E-state index in [1.165, 1.54) is 30.4 Å². The highest BCUT2D eigenvalue weighted by Gasteiger charge is 2.25. The molecule has 2 saturated heterocycles. The van der Waals surface area contributed by atoms with Gasteiger partial charge in [0.05, 0.1) is 23.0 Å². The number of nitrogens with one attached hydrogen (secondary N) is 1. The molecule has 0 aliphatic carbocycles. The Morgan fingerprint density at radius 3 is 2.70 bits per heavy atom. The summed E-state index contributed by atoms with van der Waals surface area (Å²) in [6, 6.07) is 2.63. The number of carbonyl (C=O) groups is 2. The van der Waals surface area contributed by atoms with Crippen LogP contribution in [0.5, 0.6) is 0 Å². The predicted octanol–water partition coefficient (Wildman–Crippen LogP) is 4.37. The van der Waals surface area contributed by atoms with Crippen molar-refractivity contribution in [1.82, 2.24) is 24.8 Å². The molecular weight excluding hydrogens is 574 g/mol. The lowest BCUT2D eigenvalue weighted by Crippen LogP contribution is -2.47. The van der Waals surface area contributed by atoms with Crippen molar-refractivity contribution >= 4 is 61.7 Å². The molecule has 196 valence electrons. The Bertz CT molecular complexity index is 1220. The largest absolute Gasteiger partial charge is 0.353 e. The number of carbonyl (C=O) groups excluding carboxylic acids is 2. The summed E-state index contributed by atoms with van der Waals surface area (Å²) in [5.74, 6) is 0.444. The molecule has 0 spiro atoms. The van der Waals surface area contributed by atoms with Crippen molar-refractivity contribution in [3.63, 3.8) is 0 Å². The van der Waals surface area contributed by atoms with Crippen molar-refractivity contribution in [3.8, 4) is 10.6 Å². The van der Waals surface area contributed by atoms with Gasteiger partial charge in [0.2, 0.25) is 0 Å². The van der Waals surface area contributed by atoms with Gasteiger partial charge in [0.15, 0.2) is 5.13 Å². The maximum absolute atomic E-state index is 13.0. The first-order valence-corrected chi connectivity index (χ1v) is 15.0. The van der Waals surface area contributed by atoms with Crippen LogP contribution in [0.15, 0.2) is 28.3 Å². The zero-order valence-corrected chi connectivity index (χ0v) is 23.9. The van der Waals surface area contributed by atoms with Crippen molar-refractivity contribution in [3.05, 3.63) is 38.9 Å². The molecule has 0 radical (unpaired) electrons. The molecule has 12 heteroatoms. The minimum atomic E-state index is -0.313. The fourth-order valence-electron chi connectivity index (χ4n) is 4.75. The minimum absolute atomic E-state index is 0.263. The number of hydrogen-bond acceptors (Lipinski definition) is 10. The van der Waals surface area contributed by atoms with Gasteiger partial charge in [-0.25, -0.2) is 15.0 Å². The van der Waals surface area contributed by atoms with Gasteiger partial charge in [-0.15, -0.1) is 11.3 Å². The molecule has 2 aliphatic heterocycles. The van der Waals surface area contributed by atoms with Crippen LogP contribution in [0.3, 0.4) is 0 Å². The second-order valence-corrected chi connectivity index (χ2v) is 12.3. The van der Waals surface area contributed by atoms with Crippen molar-refractivity contribution in [2.24, 2.45) is 0 Å². The van der Waals surface area contributed by atoms with Gasteiger partial charge >= 0.3 is 0 Å². The van der Waals surface area contributed by atoms with Gasteiger partial charge in [-0.1, -0.05) is 11.3 Å². The molecule has 1 atom stereocenters. The number of likely N-dealkylation sites (tertiary alicyclic amines) is 1. The van der Waals surface area contributed by atoms with Gasteiger partial charge in [-0.2, -0.15) is 0 Å². The van der Waals surface area contributed by atoms with E-state index >= 15 is 0 Å². The Morgan fingerprint density at radius 1 is 1.22 bits per heavy atom. The van der Waals surface area contributed by atoms with Gasteiger partial charge in [0, 0.05) is 66.5 Å². The van der Waals surface area contributed by atoms with E-state index < -0.39 is 0 Å². The predicted molar refractivity (Wildman–Crippen MR) is 152 cm³/mol. The maximum atomic E-state index is 13.0. The van der Waals surface area contributed by atoms with Crippen LogP contribution >= 0.6 is 38.6 Å². The number of thiazole rings is 1. The first kappa shape index (κ1) is 26.4. The average molecular weight is 605 g/mol. The average Bonchev–Trinajstić information content (AvgIpc) is 3.63. The molecule has 5 rings (SSSR count). The van der Waals surface area contributed by atoms with Gasteiger partial charge < -0.3 is 9.69 Å². The van der Waals surface area contributed by atoms with Crippen molar-refractivity contribution in [2.45, 2.75) is 38.8 Å². The summed E-state index contributed by atoms with van der Waals surface area (Å²) in [5.41, 5.74) is 1.20. The molecule has 37 heavy (non-hydrogen) atoms. The first-order valence-electron chi connectivity index (χ1n) is 12.5. The normalized spacial score (nSPS) is 18.9. The topological polar surface area (TPSA) is 94.6 Å². The van der Waals surface area contributed by atoms with Crippen LogP contribution in [0.25, 0.3) is 10.6 Å². The smallest absolute Gasteiger partial charge is 0.277 e. The Hall–Kier alpha value is -2.25. The lowest BCUT2D eigenvalue weighted by Gasteiger charge is -2.34. The van der Waals surface area contributed by atoms with Gasteiger partial charge in [-0.05, 0) is 48.3 Å². The fourth-order valence-corrected chi connectivity index (χ4v) is 7.26. The maximum Gasteiger partial charge on any atom is 0.277 e. The number of amides is 1. The van der Waals surface area contributed by atoms with E-state index in [1.807, 2.05) is 0 Å².